The molecule has 0 spiro atoms. The van der Waals surface area contributed by atoms with E-state index in [4.69, 9.17) is 9.47 Å². The molecule has 0 radical (unpaired) electrons. The third kappa shape index (κ3) is 6.44. The van der Waals surface area contributed by atoms with Gasteiger partial charge in [-0.05, 0) is 40.2 Å². The minimum Gasteiger partial charge on any atom is -0.468 e. The van der Waals surface area contributed by atoms with Crippen LogP contribution in [0.3, 0.4) is 0 Å². The normalized spacial score (nSPS) is 13.4. The highest BCUT2D eigenvalue weighted by molar-refractivity contribution is 5.78. The van der Waals surface area contributed by atoms with Crippen molar-refractivity contribution in [1.29, 1.82) is 0 Å². The van der Waals surface area contributed by atoms with Gasteiger partial charge in [0.25, 0.3) is 0 Å². The molecule has 0 heterocycles. The minimum absolute atomic E-state index is 0.345. The molecule has 0 saturated carbocycles. The maximum atomic E-state index is 12.1. The zero-order chi connectivity index (χ0) is 18.4. The van der Waals surface area contributed by atoms with Crippen LogP contribution in [0.4, 0.5) is 4.79 Å². The van der Waals surface area contributed by atoms with Crippen LogP contribution in [0.1, 0.15) is 46.2 Å². The summed E-state index contributed by atoms with van der Waals surface area (Å²) in [5.41, 5.74) is -0.488. The van der Waals surface area contributed by atoms with Crippen molar-refractivity contribution in [3.05, 3.63) is 48.0 Å². The molecule has 0 fully saturated rings. The SMILES string of the molecule is COC(=O)C(C)(C)/C=C/[C@H](NC(=O)OC(C)(C)C)c1ccccc1. The van der Waals surface area contributed by atoms with Crippen LogP contribution in [0.2, 0.25) is 0 Å². The lowest BCUT2D eigenvalue weighted by atomic mass is 9.91. The second kappa shape index (κ2) is 7.99. The zero-order valence-corrected chi connectivity index (χ0v) is 15.3. The van der Waals surface area contributed by atoms with Crippen molar-refractivity contribution in [3.8, 4) is 0 Å². The maximum Gasteiger partial charge on any atom is 0.408 e. The molecule has 24 heavy (non-hydrogen) atoms. The van der Waals surface area contributed by atoms with Gasteiger partial charge in [-0.2, -0.15) is 0 Å². The van der Waals surface area contributed by atoms with Crippen LogP contribution in [-0.4, -0.2) is 24.8 Å². The van der Waals surface area contributed by atoms with Crippen LogP contribution in [0.15, 0.2) is 42.5 Å². The quantitative estimate of drug-likeness (QED) is 0.653. The molecule has 0 aliphatic carbocycles. The molecular weight excluding hydrogens is 306 g/mol. The molecule has 1 N–H and O–H groups in total. The Morgan fingerprint density at radius 3 is 2.17 bits per heavy atom. The molecule has 0 aliphatic heterocycles. The number of alkyl carbamates (subject to hydrolysis) is 1. The Bertz CT molecular complexity index is 585. The van der Waals surface area contributed by atoms with Crippen LogP contribution >= 0.6 is 0 Å². The fourth-order valence-electron chi connectivity index (χ4n) is 2.01. The highest BCUT2D eigenvalue weighted by Crippen LogP contribution is 2.23. The van der Waals surface area contributed by atoms with E-state index in [9.17, 15) is 9.59 Å². The first kappa shape index (κ1) is 19.7. The van der Waals surface area contributed by atoms with E-state index in [1.807, 2.05) is 30.3 Å². The van der Waals surface area contributed by atoms with Crippen LogP contribution in [0.5, 0.6) is 0 Å². The van der Waals surface area contributed by atoms with E-state index in [1.165, 1.54) is 7.11 Å². The summed E-state index contributed by atoms with van der Waals surface area (Å²) >= 11 is 0. The van der Waals surface area contributed by atoms with Crippen molar-refractivity contribution in [1.82, 2.24) is 5.32 Å². The fourth-order valence-corrected chi connectivity index (χ4v) is 2.01. The number of carbonyl (C=O) groups is 2. The molecule has 0 bridgehead atoms. The van der Waals surface area contributed by atoms with E-state index in [1.54, 1.807) is 46.8 Å². The Morgan fingerprint density at radius 1 is 1.08 bits per heavy atom. The zero-order valence-electron chi connectivity index (χ0n) is 15.3. The van der Waals surface area contributed by atoms with Crippen molar-refractivity contribution in [2.45, 2.75) is 46.3 Å². The predicted molar refractivity (Wildman–Crippen MR) is 93.5 cm³/mol. The first-order valence-electron chi connectivity index (χ1n) is 7.87. The summed E-state index contributed by atoms with van der Waals surface area (Å²) < 4.78 is 10.1. The van der Waals surface area contributed by atoms with E-state index in [-0.39, 0.29) is 5.97 Å². The van der Waals surface area contributed by atoms with Gasteiger partial charge in [-0.3, -0.25) is 4.79 Å². The topological polar surface area (TPSA) is 64.6 Å². The first-order valence-corrected chi connectivity index (χ1v) is 7.87. The van der Waals surface area contributed by atoms with Crippen molar-refractivity contribution in [2.24, 2.45) is 5.41 Å². The van der Waals surface area contributed by atoms with Gasteiger partial charge >= 0.3 is 12.1 Å². The standard InChI is InChI=1S/C19H27NO4/c1-18(2,3)24-17(22)20-15(14-10-8-7-9-11-14)12-13-19(4,5)16(21)23-6/h7-13,15H,1-6H3,(H,20,22)/b13-12+/t15-/m0/s1. The Hall–Kier alpha value is -2.30. The first-order chi connectivity index (χ1) is 11.0. The van der Waals surface area contributed by atoms with E-state index in [0.717, 1.165) is 5.56 Å². The summed E-state index contributed by atoms with van der Waals surface area (Å²) in [5, 5.41) is 2.82. The van der Waals surface area contributed by atoms with Crippen molar-refractivity contribution in [2.75, 3.05) is 7.11 Å². The molecule has 1 amide bonds. The molecule has 0 aromatic heterocycles. The van der Waals surface area contributed by atoms with Gasteiger partial charge in [0.15, 0.2) is 0 Å². The summed E-state index contributed by atoms with van der Waals surface area (Å²) in [6, 6.07) is 9.06. The average Bonchev–Trinajstić information content (AvgIpc) is 2.49. The van der Waals surface area contributed by atoms with Crippen molar-refractivity contribution < 1.29 is 19.1 Å². The highest BCUT2D eigenvalue weighted by Gasteiger charge is 2.26. The second-order valence-corrected chi connectivity index (χ2v) is 7.11. The van der Waals surface area contributed by atoms with Crippen molar-refractivity contribution in [3.63, 3.8) is 0 Å². The molecule has 5 nitrogen and oxygen atoms in total. The predicted octanol–water partition coefficient (Wildman–Crippen LogP) is 4.01. The number of amides is 1. The van der Waals surface area contributed by atoms with Crippen molar-refractivity contribution >= 4 is 12.1 Å². The smallest absolute Gasteiger partial charge is 0.408 e. The minimum atomic E-state index is -0.794. The number of hydrogen-bond donors (Lipinski definition) is 1. The third-order valence-electron chi connectivity index (χ3n) is 3.25. The number of ether oxygens (including phenoxy) is 2. The molecule has 1 aromatic rings. The number of nitrogens with one attached hydrogen (secondary N) is 1. The monoisotopic (exact) mass is 333 g/mol. The van der Waals surface area contributed by atoms with Gasteiger partial charge in [-0.15, -0.1) is 0 Å². The number of hydrogen-bond acceptors (Lipinski definition) is 4. The Kier molecular flexibility index (Phi) is 6.58. The fraction of sp³-hybridized carbons (Fsp3) is 0.474. The summed E-state index contributed by atoms with van der Waals surface area (Å²) in [5.74, 6) is -0.345. The number of rotatable bonds is 5. The highest BCUT2D eigenvalue weighted by atomic mass is 16.6. The number of esters is 1. The van der Waals surface area contributed by atoms with Crippen LogP contribution in [0, 0.1) is 5.41 Å². The largest absolute Gasteiger partial charge is 0.468 e. The summed E-state index contributed by atoms with van der Waals surface area (Å²) in [6.45, 7) is 8.93. The molecular formula is C19H27NO4. The maximum absolute atomic E-state index is 12.1. The van der Waals surface area contributed by atoms with Crippen LogP contribution < -0.4 is 5.32 Å². The lowest BCUT2D eigenvalue weighted by molar-refractivity contribution is -0.148. The number of carbonyl (C=O) groups excluding carboxylic acids is 2. The van der Waals surface area contributed by atoms with Gasteiger partial charge in [-0.1, -0.05) is 42.5 Å². The Morgan fingerprint density at radius 2 is 1.67 bits per heavy atom. The lowest BCUT2D eigenvalue weighted by Gasteiger charge is -2.23. The third-order valence-corrected chi connectivity index (χ3v) is 3.25. The van der Waals surface area contributed by atoms with Gasteiger partial charge in [-0.25, -0.2) is 4.79 Å². The second-order valence-electron chi connectivity index (χ2n) is 7.11. The number of methoxy groups -OCH3 is 1. The molecule has 1 rings (SSSR count). The lowest BCUT2D eigenvalue weighted by Crippen LogP contribution is -2.34. The summed E-state index contributed by atoms with van der Waals surface area (Å²) in [4.78, 5) is 23.9. The van der Waals surface area contributed by atoms with Crippen LogP contribution in [0.25, 0.3) is 0 Å². The molecule has 132 valence electrons. The molecule has 0 saturated heterocycles. The molecule has 0 aliphatic rings. The Labute approximate surface area is 144 Å². The van der Waals surface area contributed by atoms with E-state index >= 15 is 0 Å². The van der Waals surface area contributed by atoms with Gasteiger partial charge in [0, 0.05) is 0 Å². The molecule has 1 atom stereocenters. The summed E-state index contributed by atoms with van der Waals surface area (Å²) in [7, 11) is 1.35. The molecule has 1 aromatic carbocycles. The van der Waals surface area contributed by atoms with Gasteiger partial charge in [0.05, 0.1) is 18.6 Å². The van der Waals surface area contributed by atoms with E-state index in [2.05, 4.69) is 5.32 Å². The van der Waals surface area contributed by atoms with E-state index in [0.29, 0.717) is 0 Å². The molecule has 5 heteroatoms. The van der Waals surface area contributed by atoms with Gasteiger partial charge in [0.1, 0.15) is 5.60 Å². The number of benzene rings is 1. The van der Waals surface area contributed by atoms with E-state index < -0.39 is 23.2 Å². The average molecular weight is 333 g/mol. The van der Waals surface area contributed by atoms with Gasteiger partial charge < -0.3 is 14.8 Å². The van der Waals surface area contributed by atoms with Gasteiger partial charge in [0.2, 0.25) is 0 Å². The Balaban J connectivity index is 2.99. The molecule has 0 unspecified atom stereocenters. The summed E-state index contributed by atoms with van der Waals surface area (Å²) in [6.07, 6.45) is 2.99. The van der Waals surface area contributed by atoms with Crippen LogP contribution in [-0.2, 0) is 14.3 Å².